The molecule has 1 amide bonds. The number of H-pyrrole nitrogens is 2. The van der Waals surface area contributed by atoms with E-state index in [0.717, 1.165) is 0 Å². The summed E-state index contributed by atoms with van der Waals surface area (Å²) in [5.74, 6) is -1.03. The van der Waals surface area contributed by atoms with Crippen LogP contribution in [0.4, 0.5) is 0 Å². The van der Waals surface area contributed by atoms with Crippen molar-refractivity contribution in [2.24, 2.45) is 5.73 Å². The van der Waals surface area contributed by atoms with Gasteiger partial charge in [0, 0.05) is 0 Å². The van der Waals surface area contributed by atoms with Gasteiger partial charge in [0.15, 0.2) is 0 Å². The molecule has 0 aromatic carbocycles. The number of nitrogens with one attached hydrogen (secondary N) is 2. The zero-order valence-electron chi connectivity index (χ0n) is 6.25. The van der Waals surface area contributed by atoms with Crippen molar-refractivity contribution in [3.05, 3.63) is 32.1 Å². The number of nitriles is 1. The molecule has 0 fully saturated rings. The number of aromatic nitrogens is 2. The Bertz CT molecular complexity index is 504. The van der Waals surface area contributed by atoms with Crippen LogP contribution >= 0.6 is 0 Å². The molecule has 7 nitrogen and oxygen atoms in total. The van der Waals surface area contributed by atoms with Crippen LogP contribution in [-0.4, -0.2) is 15.9 Å². The normalized spacial score (nSPS) is 9.15. The summed E-state index contributed by atoms with van der Waals surface area (Å²) in [5.41, 5.74) is 2.04. The largest absolute Gasteiger partial charge is 0.364 e. The van der Waals surface area contributed by atoms with E-state index in [0.29, 0.717) is 0 Å². The van der Waals surface area contributed by atoms with Crippen molar-refractivity contribution >= 4 is 5.91 Å². The van der Waals surface area contributed by atoms with Crippen molar-refractivity contribution in [3.8, 4) is 6.07 Å². The van der Waals surface area contributed by atoms with Crippen LogP contribution in [-0.2, 0) is 0 Å². The van der Waals surface area contributed by atoms with Crippen LogP contribution < -0.4 is 17.0 Å². The summed E-state index contributed by atoms with van der Waals surface area (Å²) in [6.07, 6.45) is 0. The van der Waals surface area contributed by atoms with E-state index < -0.39 is 28.4 Å². The zero-order valence-corrected chi connectivity index (χ0v) is 6.25. The monoisotopic (exact) mass is 180 g/mol. The average molecular weight is 180 g/mol. The van der Waals surface area contributed by atoms with Gasteiger partial charge in [0.25, 0.3) is 11.5 Å². The Morgan fingerprint density at radius 2 is 2.00 bits per heavy atom. The first-order valence-corrected chi connectivity index (χ1v) is 3.12. The number of aromatic amines is 2. The highest BCUT2D eigenvalue weighted by atomic mass is 16.2. The third-order valence-corrected chi connectivity index (χ3v) is 1.30. The first-order chi connectivity index (χ1) is 6.06. The van der Waals surface area contributed by atoms with E-state index in [1.807, 2.05) is 4.98 Å². The maximum atomic E-state index is 10.9. The molecular formula is C6H4N4O3. The summed E-state index contributed by atoms with van der Waals surface area (Å²) in [5, 5.41) is 8.44. The van der Waals surface area contributed by atoms with E-state index in [9.17, 15) is 14.4 Å². The molecule has 1 heterocycles. The Balaban J connectivity index is 3.70. The smallest absolute Gasteiger partial charge is 0.326 e. The summed E-state index contributed by atoms with van der Waals surface area (Å²) in [7, 11) is 0. The number of rotatable bonds is 1. The quantitative estimate of drug-likeness (QED) is 0.462. The van der Waals surface area contributed by atoms with E-state index in [1.165, 1.54) is 6.07 Å². The molecule has 1 rings (SSSR count). The summed E-state index contributed by atoms with van der Waals surface area (Å²) >= 11 is 0. The molecule has 7 heteroatoms. The summed E-state index contributed by atoms with van der Waals surface area (Å²) in [6, 6.07) is 1.46. The van der Waals surface area contributed by atoms with Gasteiger partial charge < -0.3 is 10.7 Å². The molecule has 0 atom stereocenters. The van der Waals surface area contributed by atoms with E-state index in [-0.39, 0.29) is 0 Å². The molecule has 0 saturated carbocycles. The number of primary amides is 1. The van der Waals surface area contributed by atoms with Crippen LogP contribution in [0.15, 0.2) is 9.59 Å². The SMILES string of the molecule is N#Cc1c(C(N)=O)[nH]c(=O)[nH]c1=O. The minimum absolute atomic E-state index is 0.476. The number of hydrogen-bond donors (Lipinski definition) is 3. The number of nitrogens with zero attached hydrogens (tertiary/aromatic N) is 1. The predicted molar refractivity (Wildman–Crippen MR) is 40.9 cm³/mol. The van der Waals surface area contributed by atoms with Gasteiger partial charge in [-0.3, -0.25) is 14.6 Å². The predicted octanol–water partition coefficient (Wildman–Crippen LogP) is -1.97. The molecule has 1 aromatic rings. The highest BCUT2D eigenvalue weighted by Crippen LogP contribution is 1.92. The molecule has 1 aromatic heterocycles. The maximum absolute atomic E-state index is 10.9. The van der Waals surface area contributed by atoms with Crippen molar-refractivity contribution < 1.29 is 4.79 Å². The van der Waals surface area contributed by atoms with Crippen molar-refractivity contribution in [1.29, 1.82) is 5.26 Å². The van der Waals surface area contributed by atoms with Gasteiger partial charge in [-0.05, 0) is 0 Å². The maximum Gasteiger partial charge on any atom is 0.326 e. The molecule has 0 radical (unpaired) electrons. The van der Waals surface area contributed by atoms with E-state index in [1.54, 1.807) is 4.98 Å². The van der Waals surface area contributed by atoms with E-state index in [2.05, 4.69) is 0 Å². The summed E-state index contributed by atoms with van der Waals surface area (Å²) < 4.78 is 0. The van der Waals surface area contributed by atoms with Gasteiger partial charge in [0.1, 0.15) is 17.3 Å². The van der Waals surface area contributed by atoms with Gasteiger partial charge in [-0.25, -0.2) is 4.79 Å². The summed E-state index contributed by atoms with van der Waals surface area (Å²) in [4.78, 5) is 35.9. The first-order valence-electron chi connectivity index (χ1n) is 3.12. The lowest BCUT2D eigenvalue weighted by Crippen LogP contribution is -2.31. The second-order valence-corrected chi connectivity index (χ2v) is 2.13. The zero-order chi connectivity index (χ0) is 10.0. The number of hydrogen-bond acceptors (Lipinski definition) is 4. The van der Waals surface area contributed by atoms with Gasteiger partial charge in [0.05, 0.1) is 0 Å². The highest BCUT2D eigenvalue weighted by Gasteiger charge is 2.12. The van der Waals surface area contributed by atoms with Crippen LogP contribution in [0.5, 0.6) is 0 Å². The molecular weight excluding hydrogens is 176 g/mol. The minimum Gasteiger partial charge on any atom is -0.364 e. The van der Waals surface area contributed by atoms with E-state index >= 15 is 0 Å². The number of carbonyl (C=O) groups is 1. The molecule has 0 aliphatic rings. The van der Waals surface area contributed by atoms with Gasteiger partial charge in [-0.1, -0.05) is 0 Å². The Labute approximate surface area is 70.8 Å². The minimum atomic E-state index is -1.03. The first kappa shape index (κ1) is 8.73. The molecule has 0 aliphatic carbocycles. The summed E-state index contributed by atoms with van der Waals surface area (Å²) in [6.45, 7) is 0. The van der Waals surface area contributed by atoms with Crippen LogP contribution in [0, 0.1) is 11.3 Å². The van der Waals surface area contributed by atoms with E-state index in [4.69, 9.17) is 11.0 Å². The number of amides is 1. The van der Waals surface area contributed by atoms with Crippen molar-refractivity contribution in [2.45, 2.75) is 0 Å². The number of nitrogens with two attached hydrogens (primary N) is 1. The fourth-order valence-electron chi connectivity index (χ4n) is 0.778. The Morgan fingerprint density at radius 3 is 2.46 bits per heavy atom. The van der Waals surface area contributed by atoms with Gasteiger partial charge in [0.2, 0.25) is 0 Å². The fourth-order valence-corrected chi connectivity index (χ4v) is 0.778. The molecule has 4 N–H and O–H groups in total. The lowest BCUT2D eigenvalue weighted by Gasteiger charge is -1.95. The average Bonchev–Trinajstić information content (AvgIpc) is 2.02. The fraction of sp³-hybridized carbons (Fsp3) is 0. The van der Waals surface area contributed by atoms with Gasteiger partial charge in [-0.15, -0.1) is 0 Å². The Hall–Kier alpha value is -2.36. The molecule has 0 unspecified atom stereocenters. The highest BCUT2D eigenvalue weighted by molar-refractivity contribution is 5.92. The lowest BCUT2D eigenvalue weighted by molar-refractivity contribution is 0.0994. The second kappa shape index (κ2) is 2.94. The Kier molecular flexibility index (Phi) is 1.98. The third-order valence-electron chi connectivity index (χ3n) is 1.30. The van der Waals surface area contributed by atoms with Crippen LogP contribution in [0.3, 0.4) is 0 Å². The molecule has 0 spiro atoms. The van der Waals surface area contributed by atoms with Crippen molar-refractivity contribution in [3.63, 3.8) is 0 Å². The Morgan fingerprint density at radius 1 is 1.38 bits per heavy atom. The molecule has 13 heavy (non-hydrogen) atoms. The molecule has 66 valence electrons. The molecule has 0 saturated heterocycles. The van der Waals surface area contributed by atoms with Crippen molar-refractivity contribution in [1.82, 2.24) is 9.97 Å². The van der Waals surface area contributed by atoms with Gasteiger partial charge >= 0.3 is 5.69 Å². The number of carbonyl (C=O) groups excluding carboxylic acids is 1. The lowest BCUT2D eigenvalue weighted by atomic mass is 10.2. The van der Waals surface area contributed by atoms with Gasteiger partial charge in [-0.2, -0.15) is 5.26 Å². The standard InChI is InChI=1S/C6H4N4O3/c7-1-2-3(4(8)11)9-6(13)10-5(2)12/h(H2,8,11)(H2,9,10,12,13). The molecule has 0 aliphatic heterocycles. The van der Waals surface area contributed by atoms with Crippen LogP contribution in [0.1, 0.15) is 16.1 Å². The van der Waals surface area contributed by atoms with Crippen molar-refractivity contribution in [2.75, 3.05) is 0 Å². The van der Waals surface area contributed by atoms with Crippen LogP contribution in [0.25, 0.3) is 0 Å². The topological polar surface area (TPSA) is 133 Å². The van der Waals surface area contributed by atoms with Crippen LogP contribution in [0.2, 0.25) is 0 Å². The third kappa shape index (κ3) is 1.46. The molecule has 0 bridgehead atoms. The second-order valence-electron chi connectivity index (χ2n) is 2.13.